The van der Waals surface area contributed by atoms with Gasteiger partial charge in [-0.1, -0.05) is 0 Å². The van der Waals surface area contributed by atoms with Crippen molar-refractivity contribution in [3.8, 4) is 0 Å². The Morgan fingerprint density at radius 3 is 2.15 bits per heavy atom. The van der Waals surface area contributed by atoms with Gasteiger partial charge in [-0.15, -0.1) is 0 Å². The third-order valence-electron chi connectivity index (χ3n) is 2.99. The van der Waals surface area contributed by atoms with Crippen molar-refractivity contribution in [2.45, 2.75) is 6.92 Å². The van der Waals surface area contributed by atoms with Gasteiger partial charge < -0.3 is 10.6 Å². The summed E-state index contributed by atoms with van der Waals surface area (Å²) in [5.41, 5.74) is 2.92. The van der Waals surface area contributed by atoms with E-state index in [-0.39, 0.29) is 5.91 Å². The summed E-state index contributed by atoms with van der Waals surface area (Å²) in [5, 5.41) is 5.87. The first-order chi connectivity index (χ1) is 9.35. The highest BCUT2D eigenvalue weighted by Crippen LogP contribution is 2.16. The van der Waals surface area contributed by atoms with Crippen LogP contribution in [-0.2, 0) is 14.8 Å². The van der Waals surface area contributed by atoms with Crippen molar-refractivity contribution in [3.05, 3.63) is 35.4 Å². The molecular weight excluding hydrogens is 278 g/mol. The molecule has 1 fully saturated rings. The molecule has 0 spiro atoms. The zero-order valence-corrected chi connectivity index (χ0v) is 12.2. The lowest BCUT2D eigenvalue weighted by atomic mass is 10.0. The maximum Gasteiger partial charge on any atom is 0.251 e. The molecule has 1 heterocycles. The van der Waals surface area contributed by atoms with Gasteiger partial charge in [0.1, 0.15) is 0 Å². The fourth-order valence-electron chi connectivity index (χ4n) is 1.74. The minimum absolute atomic E-state index is 0.134. The highest BCUT2D eigenvalue weighted by Gasteiger charge is 2.15. The smallest absolute Gasteiger partial charge is 0.251 e. The van der Waals surface area contributed by atoms with Gasteiger partial charge in [0, 0.05) is 30.0 Å². The number of anilines is 2. The number of hydrogen-bond donors (Lipinski definition) is 3. The van der Waals surface area contributed by atoms with E-state index in [4.69, 9.17) is 0 Å². The van der Waals surface area contributed by atoms with Gasteiger partial charge in [-0.3, -0.25) is 9.52 Å². The van der Waals surface area contributed by atoms with Gasteiger partial charge in [-0.2, -0.15) is 0 Å². The maximum absolute atomic E-state index is 12.0. The van der Waals surface area contributed by atoms with Crippen LogP contribution in [0.3, 0.4) is 0 Å². The second-order valence-corrected chi connectivity index (χ2v) is 6.49. The summed E-state index contributed by atoms with van der Waals surface area (Å²) in [6, 6.07) is 6.51. The number of sulfonamides is 1. The van der Waals surface area contributed by atoms with Crippen LogP contribution in [0, 0.1) is 0 Å². The molecule has 0 bridgehead atoms. The van der Waals surface area contributed by atoms with Crippen molar-refractivity contribution in [2.75, 3.05) is 29.4 Å². The van der Waals surface area contributed by atoms with E-state index >= 15 is 0 Å². The zero-order valence-electron chi connectivity index (χ0n) is 11.4. The predicted molar refractivity (Wildman–Crippen MR) is 79.1 cm³/mol. The highest BCUT2D eigenvalue weighted by molar-refractivity contribution is 7.92. The molecule has 1 aromatic carbocycles. The average Bonchev–Trinajstić information content (AvgIpc) is 2.27. The maximum atomic E-state index is 12.0. The molecule has 0 atom stereocenters. The van der Waals surface area contributed by atoms with Gasteiger partial charge in [0.15, 0.2) is 0 Å². The fraction of sp³-hybridized carbons (Fsp3) is 0.308. The summed E-state index contributed by atoms with van der Waals surface area (Å²) >= 11 is 0. The van der Waals surface area contributed by atoms with Gasteiger partial charge in [0.25, 0.3) is 5.91 Å². The molecule has 0 saturated carbocycles. The lowest BCUT2D eigenvalue weighted by molar-refractivity contribution is -0.112. The first-order valence-electron chi connectivity index (χ1n) is 6.14. The number of amides is 1. The van der Waals surface area contributed by atoms with Crippen LogP contribution in [0.4, 0.5) is 11.4 Å². The van der Waals surface area contributed by atoms with Crippen molar-refractivity contribution in [3.63, 3.8) is 0 Å². The van der Waals surface area contributed by atoms with E-state index in [1.54, 1.807) is 31.2 Å². The molecule has 0 unspecified atom stereocenters. The van der Waals surface area contributed by atoms with Gasteiger partial charge in [0.2, 0.25) is 10.0 Å². The average molecular weight is 295 g/mol. The van der Waals surface area contributed by atoms with Crippen LogP contribution in [0.2, 0.25) is 0 Å². The number of hydrogen-bond acceptors (Lipinski definition) is 4. The van der Waals surface area contributed by atoms with Crippen LogP contribution < -0.4 is 15.4 Å². The fourth-order valence-corrected chi connectivity index (χ4v) is 2.30. The Morgan fingerprint density at radius 2 is 1.70 bits per heavy atom. The number of carbonyl (C=O) groups excluding carboxylic acids is 1. The quantitative estimate of drug-likeness (QED) is 0.721. The summed E-state index contributed by atoms with van der Waals surface area (Å²) in [7, 11) is -3.29. The van der Waals surface area contributed by atoms with E-state index in [9.17, 15) is 13.2 Å². The molecule has 6 nitrogen and oxygen atoms in total. The number of carbonyl (C=O) groups is 1. The van der Waals surface area contributed by atoms with Crippen LogP contribution in [0.25, 0.3) is 0 Å². The third-order valence-corrected chi connectivity index (χ3v) is 3.60. The summed E-state index contributed by atoms with van der Waals surface area (Å²) in [6.07, 6.45) is 1.09. The van der Waals surface area contributed by atoms with E-state index < -0.39 is 10.0 Å². The summed E-state index contributed by atoms with van der Waals surface area (Å²) in [4.78, 5) is 12.0. The molecule has 20 heavy (non-hydrogen) atoms. The number of benzene rings is 1. The number of nitrogens with one attached hydrogen (secondary N) is 3. The minimum atomic E-state index is -3.29. The van der Waals surface area contributed by atoms with Gasteiger partial charge in [-0.05, 0) is 36.8 Å². The summed E-state index contributed by atoms with van der Waals surface area (Å²) < 4.78 is 24.5. The molecular formula is C13H17N3O3S. The van der Waals surface area contributed by atoms with E-state index in [1.807, 2.05) is 0 Å². The van der Waals surface area contributed by atoms with Crippen LogP contribution >= 0.6 is 0 Å². The molecule has 0 aromatic heterocycles. The molecule has 2 rings (SSSR count). The molecule has 3 N–H and O–H groups in total. The van der Waals surface area contributed by atoms with E-state index in [2.05, 4.69) is 15.4 Å². The second-order valence-electron chi connectivity index (χ2n) is 4.74. The monoisotopic (exact) mass is 295 g/mol. The molecule has 108 valence electrons. The molecule has 0 radical (unpaired) electrons. The first-order valence-corrected chi connectivity index (χ1v) is 8.03. The Bertz CT molecular complexity index is 642. The van der Waals surface area contributed by atoms with Crippen molar-refractivity contribution < 1.29 is 13.2 Å². The second kappa shape index (κ2) is 5.64. The van der Waals surface area contributed by atoms with E-state index in [0.717, 1.165) is 30.5 Å². The first kappa shape index (κ1) is 14.5. The minimum Gasteiger partial charge on any atom is -0.322 e. The lowest BCUT2D eigenvalue weighted by Crippen LogP contribution is -2.36. The largest absolute Gasteiger partial charge is 0.322 e. The standard InChI is InChI=1S/C13H17N3O3S/c1-9(10-7-14-8-10)13(17)15-11-3-5-12(6-4-11)16-20(2,18)19/h3-6,14,16H,7-8H2,1-2H3,(H,15,17). The van der Waals surface area contributed by atoms with Crippen LogP contribution in [0.5, 0.6) is 0 Å². The molecule has 1 aliphatic heterocycles. The Hall–Kier alpha value is -1.86. The SMILES string of the molecule is CC(C(=O)Nc1ccc(NS(C)(=O)=O)cc1)=C1CNC1. The van der Waals surface area contributed by atoms with Crippen LogP contribution in [0.1, 0.15) is 6.92 Å². The molecule has 0 aliphatic carbocycles. The Morgan fingerprint density at radius 1 is 1.15 bits per heavy atom. The van der Waals surface area contributed by atoms with Gasteiger partial charge in [-0.25, -0.2) is 8.42 Å². The van der Waals surface area contributed by atoms with E-state index in [0.29, 0.717) is 11.4 Å². The summed E-state index contributed by atoms with van der Waals surface area (Å²) in [6.45, 7) is 3.32. The third kappa shape index (κ3) is 3.82. The zero-order chi connectivity index (χ0) is 14.8. The Balaban J connectivity index is 2.02. The van der Waals surface area contributed by atoms with Crippen LogP contribution in [0.15, 0.2) is 35.4 Å². The van der Waals surface area contributed by atoms with Crippen LogP contribution in [-0.4, -0.2) is 33.7 Å². The van der Waals surface area contributed by atoms with E-state index in [1.165, 1.54) is 0 Å². The predicted octanol–water partition coefficient (Wildman–Crippen LogP) is 0.916. The molecule has 1 aromatic rings. The van der Waals surface area contributed by atoms with Crippen molar-refractivity contribution in [1.82, 2.24) is 5.32 Å². The lowest BCUT2D eigenvalue weighted by Gasteiger charge is -2.21. The van der Waals surface area contributed by atoms with Crippen molar-refractivity contribution in [2.24, 2.45) is 0 Å². The van der Waals surface area contributed by atoms with Gasteiger partial charge in [0.05, 0.1) is 6.26 Å². The Kier molecular flexibility index (Phi) is 4.10. The molecule has 1 amide bonds. The molecule has 1 aliphatic rings. The molecule has 1 saturated heterocycles. The Labute approximate surface area is 118 Å². The topological polar surface area (TPSA) is 87.3 Å². The summed E-state index contributed by atoms with van der Waals surface area (Å²) in [5.74, 6) is -0.134. The van der Waals surface area contributed by atoms with Crippen molar-refractivity contribution in [1.29, 1.82) is 0 Å². The number of rotatable bonds is 4. The normalized spacial score (nSPS) is 14.4. The molecule has 7 heteroatoms. The van der Waals surface area contributed by atoms with Gasteiger partial charge >= 0.3 is 0 Å². The van der Waals surface area contributed by atoms with Crippen molar-refractivity contribution >= 4 is 27.3 Å². The highest BCUT2D eigenvalue weighted by atomic mass is 32.2.